The zero-order valence-electron chi connectivity index (χ0n) is 9.73. The van der Waals surface area contributed by atoms with E-state index >= 15 is 0 Å². The van der Waals surface area contributed by atoms with Crippen LogP contribution in [0.15, 0.2) is 29.6 Å². The molecule has 1 heterocycles. The van der Waals surface area contributed by atoms with Gasteiger partial charge in [-0.25, -0.2) is 4.98 Å². The minimum Gasteiger partial charge on any atom is -0.246 e. The van der Waals surface area contributed by atoms with Crippen LogP contribution >= 0.6 is 11.3 Å². The molecule has 0 spiro atoms. The molecule has 86 valence electrons. The first kappa shape index (κ1) is 9.84. The summed E-state index contributed by atoms with van der Waals surface area (Å²) in [6, 6.07) is 8.84. The molecule has 0 amide bonds. The number of benzene rings is 1. The van der Waals surface area contributed by atoms with Crippen LogP contribution < -0.4 is 0 Å². The molecule has 17 heavy (non-hydrogen) atoms. The molecule has 1 aromatic heterocycles. The third-order valence-corrected chi connectivity index (χ3v) is 4.96. The fraction of sp³-hybridized carbons (Fsp3) is 0.400. The Kier molecular flexibility index (Phi) is 2.13. The molecule has 2 heteroatoms. The fourth-order valence-electron chi connectivity index (χ4n) is 2.79. The van der Waals surface area contributed by atoms with E-state index in [2.05, 4.69) is 29.6 Å². The number of thiazole rings is 1. The molecule has 1 fully saturated rings. The first-order valence-corrected chi connectivity index (χ1v) is 7.30. The molecule has 0 aliphatic heterocycles. The van der Waals surface area contributed by atoms with Gasteiger partial charge in [0.05, 0.1) is 10.7 Å². The number of nitrogens with zero attached hydrogens (tertiary/aromatic N) is 1. The second-order valence-corrected chi connectivity index (χ2v) is 6.15. The Bertz CT molecular complexity index is 529. The summed E-state index contributed by atoms with van der Waals surface area (Å²) in [4.78, 5) is 4.86. The van der Waals surface area contributed by atoms with E-state index in [9.17, 15) is 0 Å². The van der Waals surface area contributed by atoms with Crippen LogP contribution in [0.3, 0.4) is 0 Å². The van der Waals surface area contributed by atoms with Gasteiger partial charge in [-0.1, -0.05) is 24.3 Å². The Hall–Kier alpha value is -1.15. The number of rotatable bonds is 2. The molecule has 0 bridgehead atoms. The minimum absolute atomic E-state index is 0.643. The predicted molar refractivity (Wildman–Crippen MR) is 70.7 cm³/mol. The normalized spacial score (nSPS) is 19.5. The van der Waals surface area contributed by atoms with Gasteiger partial charge in [0.15, 0.2) is 0 Å². The van der Waals surface area contributed by atoms with Gasteiger partial charge in [-0.05, 0) is 36.8 Å². The Labute approximate surface area is 106 Å². The largest absolute Gasteiger partial charge is 0.246 e. The maximum atomic E-state index is 4.86. The van der Waals surface area contributed by atoms with Gasteiger partial charge in [0, 0.05) is 17.2 Å². The average molecular weight is 241 g/mol. The van der Waals surface area contributed by atoms with Gasteiger partial charge >= 0.3 is 0 Å². The van der Waals surface area contributed by atoms with Gasteiger partial charge in [-0.15, -0.1) is 11.3 Å². The van der Waals surface area contributed by atoms with Gasteiger partial charge in [0.2, 0.25) is 0 Å². The van der Waals surface area contributed by atoms with Crippen molar-refractivity contribution >= 4 is 11.3 Å². The van der Waals surface area contributed by atoms with E-state index < -0.39 is 0 Å². The van der Waals surface area contributed by atoms with Crippen LogP contribution in [0.2, 0.25) is 0 Å². The van der Waals surface area contributed by atoms with Gasteiger partial charge in [-0.2, -0.15) is 0 Å². The van der Waals surface area contributed by atoms with E-state index in [1.165, 1.54) is 47.5 Å². The third kappa shape index (κ3) is 1.71. The molecule has 2 aliphatic carbocycles. The summed E-state index contributed by atoms with van der Waals surface area (Å²) in [7, 11) is 0. The summed E-state index contributed by atoms with van der Waals surface area (Å²) in [5.41, 5.74) is 4.42. The van der Waals surface area contributed by atoms with Crippen LogP contribution in [-0.2, 0) is 12.8 Å². The lowest BCUT2D eigenvalue weighted by molar-refractivity contribution is 0.729. The SMILES string of the molecule is c1ccc2c(c1)CC(c1nc(C3CC3)cs1)C2. The quantitative estimate of drug-likeness (QED) is 0.777. The molecule has 1 saturated carbocycles. The standard InChI is InChI=1S/C15H15NS/c1-2-4-12-8-13(7-11(12)3-1)15-16-14(9-17-15)10-5-6-10/h1-4,9-10,13H,5-8H2. The summed E-state index contributed by atoms with van der Waals surface area (Å²) in [5, 5.41) is 3.65. The van der Waals surface area contributed by atoms with Crippen LogP contribution in [0.1, 0.15) is 46.5 Å². The van der Waals surface area contributed by atoms with Crippen molar-refractivity contribution < 1.29 is 0 Å². The second-order valence-electron chi connectivity index (χ2n) is 5.26. The van der Waals surface area contributed by atoms with E-state index in [-0.39, 0.29) is 0 Å². The first-order chi connectivity index (χ1) is 8.40. The van der Waals surface area contributed by atoms with E-state index in [0.29, 0.717) is 5.92 Å². The molecule has 4 rings (SSSR count). The third-order valence-electron chi connectivity index (χ3n) is 3.94. The summed E-state index contributed by atoms with van der Waals surface area (Å²) in [5.74, 6) is 1.44. The molecule has 2 aromatic rings. The molecule has 0 atom stereocenters. The molecule has 0 radical (unpaired) electrons. The van der Waals surface area contributed by atoms with Crippen molar-refractivity contribution in [2.45, 2.75) is 37.5 Å². The summed E-state index contributed by atoms with van der Waals surface area (Å²) >= 11 is 1.87. The van der Waals surface area contributed by atoms with E-state index in [1.807, 2.05) is 11.3 Å². The Morgan fingerprint density at radius 1 is 1.00 bits per heavy atom. The second kappa shape index (κ2) is 3.67. The lowest BCUT2D eigenvalue weighted by Gasteiger charge is -2.03. The zero-order valence-corrected chi connectivity index (χ0v) is 10.5. The minimum atomic E-state index is 0.643. The van der Waals surface area contributed by atoms with Crippen molar-refractivity contribution in [2.75, 3.05) is 0 Å². The molecule has 1 nitrogen and oxygen atoms in total. The van der Waals surface area contributed by atoms with Gasteiger partial charge in [0.1, 0.15) is 0 Å². The average Bonchev–Trinajstić information content (AvgIpc) is 2.94. The highest BCUT2D eigenvalue weighted by Crippen LogP contribution is 2.42. The van der Waals surface area contributed by atoms with Crippen LogP contribution in [0.4, 0.5) is 0 Å². The molecular formula is C15H15NS. The molecule has 1 aromatic carbocycles. The molecular weight excluding hydrogens is 226 g/mol. The van der Waals surface area contributed by atoms with E-state index in [4.69, 9.17) is 4.98 Å². The summed E-state index contributed by atoms with van der Waals surface area (Å²) in [6.45, 7) is 0. The van der Waals surface area contributed by atoms with Crippen molar-refractivity contribution in [3.8, 4) is 0 Å². The first-order valence-electron chi connectivity index (χ1n) is 6.42. The van der Waals surface area contributed by atoms with E-state index in [0.717, 1.165) is 5.92 Å². The lowest BCUT2D eigenvalue weighted by Crippen LogP contribution is -1.97. The number of fused-ring (bicyclic) bond motifs is 1. The highest BCUT2D eigenvalue weighted by Gasteiger charge is 2.29. The van der Waals surface area contributed by atoms with Crippen molar-refractivity contribution in [3.05, 3.63) is 51.5 Å². The van der Waals surface area contributed by atoms with Crippen molar-refractivity contribution in [3.63, 3.8) is 0 Å². The van der Waals surface area contributed by atoms with Crippen LogP contribution in [0, 0.1) is 0 Å². The molecule has 2 aliphatic rings. The molecule has 0 saturated heterocycles. The monoisotopic (exact) mass is 241 g/mol. The van der Waals surface area contributed by atoms with Gasteiger partial charge in [-0.3, -0.25) is 0 Å². The maximum absolute atomic E-state index is 4.86. The lowest BCUT2D eigenvalue weighted by atomic mass is 10.1. The highest BCUT2D eigenvalue weighted by atomic mass is 32.1. The summed E-state index contributed by atoms with van der Waals surface area (Å²) < 4.78 is 0. The molecule has 0 unspecified atom stereocenters. The predicted octanol–water partition coefficient (Wildman–Crippen LogP) is 3.90. The number of hydrogen-bond donors (Lipinski definition) is 0. The van der Waals surface area contributed by atoms with Gasteiger partial charge in [0.25, 0.3) is 0 Å². The smallest absolute Gasteiger partial charge is 0.0966 e. The Morgan fingerprint density at radius 2 is 1.71 bits per heavy atom. The Balaban J connectivity index is 1.60. The Morgan fingerprint density at radius 3 is 2.35 bits per heavy atom. The van der Waals surface area contributed by atoms with Crippen molar-refractivity contribution in [1.82, 2.24) is 4.98 Å². The van der Waals surface area contributed by atoms with Crippen LogP contribution in [-0.4, -0.2) is 4.98 Å². The summed E-state index contributed by atoms with van der Waals surface area (Å²) in [6.07, 6.45) is 5.09. The zero-order chi connectivity index (χ0) is 11.2. The fourth-order valence-corrected chi connectivity index (χ4v) is 3.79. The number of aromatic nitrogens is 1. The van der Waals surface area contributed by atoms with Crippen LogP contribution in [0.5, 0.6) is 0 Å². The van der Waals surface area contributed by atoms with Gasteiger partial charge < -0.3 is 0 Å². The van der Waals surface area contributed by atoms with Crippen LogP contribution in [0.25, 0.3) is 0 Å². The van der Waals surface area contributed by atoms with Crippen molar-refractivity contribution in [1.29, 1.82) is 0 Å². The highest BCUT2D eigenvalue weighted by molar-refractivity contribution is 7.09. The molecule has 0 N–H and O–H groups in total. The van der Waals surface area contributed by atoms with E-state index in [1.54, 1.807) is 0 Å². The topological polar surface area (TPSA) is 12.9 Å². The number of hydrogen-bond acceptors (Lipinski definition) is 2. The maximum Gasteiger partial charge on any atom is 0.0966 e. The van der Waals surface area contributed by atoms with Crippen molar-refractivity contribution in [2.24, 2.45) is 0 Å².